The van der Waals surface area contributed by atoms with Gasteiger partial charge in [-0.25, -0.2) is 10.1 Å². The minimum absolute atomic E-state index is 0.0273. The third-order valence-corrected chi connectivity index (χ3v) is 6.28. The van der Waals surface area contributed by atoms with E-state index in [-0.39, 0.29) is 17.3 Å². The fourth-order valence-electron chi connectivity index (χ4n) is 4.27. The smallest absolute Gasteiger partial charge is 0.293 e. The number of hydrogen-bond acceptors (Lipinski definition) is 12. The van der Waals surface area contributed by atoms with Crippen LogP contribution in [0.15, 0.2) is 52.2 Å². The molecule has 14 nitrogen and oxygen atoms in total. The van der Waals surface area contributed by atoms with Crippen LogP contribution in [-0.4, -0.2) is 75.2 Å². The Morgan fingerprint density at radius 1 is 1.15 bits per heavy atom. The summed E-state index contributed by atoms with van der Waals surface area (Å²) in [5, 5.41) is 19.7. The van der Waals surface area contributed by atoms with Crippen LogP contribution < -0.4 is 20.6 Å². The Bertz CT molecular complexity index is 1510. The zero-order valence-corrected chi connectivity index (χ0v) is 22.8. The van der Waals surface area contributed by atoms with E-state index in [1.54, 1.807) is 6.07 Å². The zero-order chi connectivity index (χ0) is 28.6. The van der Waals surface area contributed by atoms with Crippen molar-refractivity contribution in [3.8, 4) is 17.3 Å². The van der Waals surface area contributed by atoms with Crippen LogP contribution in [-0.2, 0) is 17.9 Å². The van der Waals surface area contributed by atoms with E-state index in [4.69, 9.17) is 24.6 Å². The van der Waals surface area contributed by atoms with Crippen LogP contribution in [0, 0.1) is 6.92 Å². The van der Waals surface area contributed by atoms with Gasteiger partial charge in [0.05, 0.1) is 31.7 Å². The topological polar surface area (TPSA) is 168 Å². The molecule has 214 valence electrons. The second-order valence-corrected chi connectivity index (χ2v) is 9.27. The Labute approximate surface area is 236 Å². The molecule has 2 aromatic carbocycles. The van der Waals surface area contributed by atoms with E-state index in [2.05, 4.69) is 42.1 Å². The van der Waals surface area contributed by atoms with Gasteiger partial charge in [-0.1, -0.05) is 35.0 Å². The Hall–Kier alpha value is -4.82. The number of nitrogens with zero attached hydrogens (tertiary/aromatic N) is 7. The predicted molar refractivity (Wildman–Crippen MR) is 148 cm³/mol. The van der Waals surface area contributed by atoms with E-state index in [9.17, 15) is 4.79 Å². The normalized spacial score (nSPS) is 13.9. The predicted octanol–water partition coefficient (Wildman–Crippen LogP) is 2.11. The number of anilines is 1. The average Bonchev–Trinajstić information content (AvgIpc) is 3.59. The molecule has 1 saturated heterocycles. The number of aryl methyl sites for hydroxylation is 1. The number of hydrogen-bond donors (Lipinski definition) is 2. The molecule has 5 rings (SSSR count). The third-order valence-electron chi connectivity index (χ3n) is 6.28. The van der Waals surface area contributed by atoms with E-state index in [0.717, 1.165) is 5.56 Å². The maximum absolute atomic E-state index is 13.1. The number of benzene rings is 2. The Balaban J connectivity index is 1.29. The van der Waals surface area contributed by atoms with Crippen LogP contribution in [0.4, 0.5) is 5.82 Å². The standard InChI is InChI=1S/C27H31N9O5/c1-3-39-23-14-19(7-8-22(23)40-17-20-6-4-5-18(2)13-20)15-29-31-27(37)24-21(16-35-9-11-38-12-10-35)36(34-30-24)26-25(28)32-41-33-26/h4-8,13-15H,3,9-12,16-17H2,1-2H3,(H2,28,32)(H,31,37). The van der Waals surface area contributed by atoms with Crippen molar-refractivity contribution >= 4 is 17.9 Å². The average molecular weight is 562 g/mol. The molecule has 2 aromatic heterocycles. The van der Waals surface area contributed by atoms with Crippen LogP contribution in [0.3, 0.4) is 0 Å². The van der Waals surface area contributed by atoms with Crippen molar-refractivity contribution in [1.82, 2.24) is 35.6 Å². The molecule has 1 amide bonds. The lowest BCUT2D eigenvalue weighted by molar-refractivity contribution is 0.0332. The molecular formula is C27H31N9O5. The van der Waals surface area contributed by atoms with Gasteiger partial charge >= 0.3 is 0 Å². The summed E-state index contributed by atoms with van der Waals surface area (Å²) >= 11 is 0. The van der Waals surface area contributed by atoms with Gasteiger partial charge in [0.2, 0.25) is 11.6 Å². The summed E-state index contributed by atoms with van der Waals surface area (Å²) in [6.45, 7) is 7.71. The summed E-state index contributed by atoms with van der Waals surface area (Å²) in [6.07, 6.45) is 1.51. The van der Waals surface area contributed by atoms with Gasteiger partial charge in [-0.05, 0) is 53.5 Å². The maximum atomic E-state index is 13.1. The molecule has 0 unspecified atom stereocenters. The number of carbonyl (C=O) groups is 1. The van der Waals surface area contributed by atoms with Gasteiger partial charge in [0.1, 0.15) is 6.61 Å². The van der Waals surface area contributed by atoms with E-state index in [1.165, 1.54) is 16.5 Å². The molecule has 0 saturated carbocycles. The maximum Gasteiger partial charge on any atom is 0.293 e. The first-order valence-electron chi connectivity index (χ1n) is 13.1. The molecule has 0 spiro atoms. The monoisotopic (exact) mass is 561 g/mol. The minimum atomic E-state index is -0.547. The summed E-state index contributed by atoms with van der Waals surface area (Å²) in [7, 11) is 0. The molecule has 0 aliphatic carbocycles. The van der Waals surface area contributed by atoms with E-state index in [0.29, 0.717) is 68.8 Å². The molecule has 1 aliphatic rings. The second kappa shape index (κ2) is 13.0. The number of aromatic nitrogens is 5. The number of nitrogens with two attached hydrogens (primary N) is 1. The van der Waals surface area contributed by atoms with Crippen LogP contribution in [0.2, 0.25) is 0 Å². The van der Waals surface area contributed by atoms with Gasteiger partial charge in [0, 0.05) is 19.6 Å². The van der Waals surface area contributed by atoms with E-state index in [1.807, 2.05) is 44.2 Å². The molecule has 14 heteroatoms. The highest BCUT2D eigenvalue weighted by atomic mass is 16.6. The number of ether oxygens (including phenoxy) is 3. The van der Waals surface area contributed by atoms with Gasteiger partial charge in [0.15, 0.2) is 17.2 Å². The van der Waals surface area contributed by atoms with Crippen LogP contribution >= 0.6 is 0 Å². The molecule has 3 N–H and O–H groups in total. The van der Waals surface area contributed by atoms with Crippen molar-refractivity contribution in [3.63, 3.8) is 0 Å². The lowest BCUT2D eigenvalue weighted by atomic mass is 10.1. The number of rotatable bonds is 11. The van der Waals surface area contributed by atoms with Gasteiger partial charge in [-0.3, -0.25) is 9.69 Å². The largest absolute Gasteiger partial charge is 0.490 e. The fraction of sp³-hybridized carbons (Fsp3) is 0.333. The first-order chi connectivity index (χ1) is 20.0. The van der Waals surface area contributed by atoms with Crippen molar-refractivity contribution < 1.29 is 23.6 Å². The third kappa shape index (κ3) is 6.85. The molecule has 3 heterocycles. The second-order valence-electron chi connectivity index (χ2n) is 9.27. The first-order valence-corrected chi connectivity index (χ1v) is 13.1. The zero-order valence-electron chi connectivity index (χ0n) is 22.8. The highest BCUT2D eigenvalue weighted by Gasteiger charge is 2.26. The van der Waals surface area contributed by atoms with E-state index >= 15 is 0 Å². The molecule has 41 heavy (non-hydrogen) atoms. The van der Waals surface area contributed by atoms with Crippen molar-refractivity contribution in [3.05, 3.63) is 70.5 Å². The number of hydrazone groups is 1. The highest BCUT2D eigenvalue weighted by molar-refractivity contribution is 5.94. The fourth-order valence-corrected chi connectivity index (χ4v) is 4.27. The van der Waals surface area contributed by atoms with Crippen molar-refractivity contribution in [1.29, 1.82) is 0 Å². The van der Waals surface area contributed by atoms with Crippen molar-refractivity contribution in [2.45, 2.75) is 27.0 Å². The van der Waals surface area contributed by atoms with Crippen molar-refractivity contribution in [2.24, 2.45) is 5.10 Å². The van der Waals surface area contributed by atoms with Crippen LogP contribution in [0.1, 0.15) is 39.8 Å². The molecule has 4 aromatic rings. The lowest BCUT2D eigenvalue weighted by Gasteiger charge is -2.26. The van der Waals surface area contributed by atoms with E-state index < -0.39 is 5.91 Å². The van der Waals surface area contributed by atoms with Gasteiger partial charge < -0.3 is 19.9 Å². The molecule has 0 atom stereocenters. The summed E-state index contributed by atoms with van der Waals surface area (Å²) in [4.78, 5) is 15.2. The SMILES string of the molecule is CCOc1cc(C=NNC(=O)c2nnn(-c3nonc3N)c2CN2CCOCC2)ccc1OCc1cccc(C)c1. The minimum Gasteiger partial charge on any atom is -0.490 e. The van der Waals surface area contributed by atoms with Gasteiger partial charge in [-0.2, -0.15) is 9.78 Å². The van der Waals surface area contributed by atoms with Gasteiger partial charge in [-0.15, -0.1) is 5.10 Å². The summed E-state index contributed by atoms with van der Waals surface area (Å²) in [6, 6.07) is 13.6. The Morgan fingerprint density at radius 2 is 2.00 bits per heavy atom. The molecule has 0 radical (unpaired) electrons. The summed E-state index contributed by atoms with van der Waals surface area (Å²) < 4.78 is 23.3. The quantitative estimate of drug-likeness (QED) is 0.203. The summed E-state index contributed by atoms with van der Waals surface area (Å²) in [5.41, 5.74) is 11.9. The number of carbonyl (C=O) groups excluding carboxylic acids is 1. The number of morpholine rings is 1. The van der Waals surface area contributed by atoms with Gasteiger partial charge in [0.25, 0.3) is 5.91 Å². The highest BCUT2D eigenvalue weighted by Crippen LogP contribution is 2.29. The molecular weight excluding hydrogens is 530 g/mol. The Morgan fingerprint density at radius 3 is 2.76 bits per heavy atom. The summed E-state index contributed by atoms with van der Waals surface area (Å²) in [5.74, 6) is 0.815. The number of amides is 1. The molecule has 1 aliphatic heterocycles. The molecule has 1 fully saturated rings. The molecule has 0 bridgehead atoms. The number of nitrogens with one attached hydrogen (secondary N) is 1. The number of nitrogen functional groups attached to an aromatic ring is 1. The van der Waals surface area contributed by atoms with Crippen molar-refractivity contribution in [2.75, 3.05) is 38.6 Å². The Kier molecular flexibility index (Phi) is 8.81. The van der Waals surface area contributed by atoms with Crippen LogP contribution in [0.5, 0.6) is 11.5 Å². The van der Waals surface area contributed by atoms with Crippen LogP contribution in [0.25, 0.3) is 5.82 Å². The lowest BCUT2D eigenvalue weighted by Crippen LogP contribution is -2.37. The first kappa shape index (κ1) is 27.7.